The van der Waals surface area contributed by atoms with E-state index >= 15 is 0 Å². The topological polar surface area (TPSA) is 52.7 Å². The number of nitrogens with zero attached hydrogens (tertiary/aromatic N) is 2. The minimum Gasteiger partial charge on any atom is -0.314 e. The minimum absolute atomic E-state index is 0.0876. The fourth-order valence-corrected chi connectivity index (χ4v) is 2.03. The van der Waals surface area contributed by atoms with E-state index in [1.165, 1.54) is 4.90 Å². The van der Waals surface area contributed by atoms with Crippen LogP contribution in [0.25, 0.3) is 0 Å². The summed E-state index contributed by atoms with van der Waals surface area (Å²) in [5.74, 6) is -0.183. The lowest BCUT2D eigenvalue weighted by Crippen LogP contribution is -2.36. The van der Waals surface area contributed by atoms with E-state index in [1.54, 1.807) is 36.2 Å². The smallest absolute Gasteiger partial charge is 0.248 e. The van der Waals surface area contributed by atoms with Crippen molar-refractivity contribution in [1.82, 2.24) is 10.2 Å². The Balaban J connectivity index is 2.12. The summed E-state index contributed by atoms with van der Waals surface area (Å²) in [7, 11) is 1.70. The van der Waals surface area contributed by atoms with E-state index < -0.39 is 0 Å². The highest BCUT2D eigenvalue weighted by molar-refractivity contribution is 6.30. The molecule has 0 spiro atoms. The highest BCUT2D eigenvalue weighted by atomic mass is 35.5. The summed E-state index contributed by atoms with van der Waals surface area (Å²) in [5.41, 5.74) is 0.715. The second-order valence-corrected chi connectivity index (χ2v) is 4.50. The summed E-state index contributed by atoms with van der Waals surface area (Å²) in [6.45, 7) is 0.628. The third kappa shape index (κ3) is 2.63. The van der Waals surface area contributed by atoms with Crippen LogP contribution in [0.4, 0.5) is 5.69 Å². The summed E-state index contributed by atoms with van der Waals surface area (Å²) in [6.07, 6.45) is 0. The Hall–Kier alpha value is -1.59. The van der Waals surface area contributed by atoms with Crippen LogP contribution in [-0.2, 0) is 9.59 Å². The minimum atomic E-state index is -0.0956. The zero-order chi connectivity index (χ0) is 13.1. The van der Waals surface area contributed by atoms with Crippen LogP contribution < -0.4 is 10.2 Å². The number of nitrogens with one attached hydrogen (secondary N) is 1. The van der Waals surface area contributed by atoms with E-state index in [1.807, 2.05) is 0 Å². The first-order valence-corrected chi connectivity index (χ1v) is 5.98. The maximum absolute atomic E-state index is 11.9. The van der Waals surface area contributed by atoms with Gasteiger partial charge in [-0.05, 0) is 25.2 Å². The molecule has 6 heteroatoms. The molecule has 5 nitrogen and oxygen atoms in total. The Labute approximate surface area is 110 Å². The van der Waals surface area contributed by atoms with E-state index in [0.717, 1.165) is 0 Å². The first-order valence-electron chi connectivity index (χ1n) is 5.60. The van der Waals surface area contributed by atoms with Gasteiger partial charge in [0.25, 0.3) is 0 Å². The molecule has 0 radical (unpaired) electrons. The zero-order valence-electron chi connectivity index (χ0n) is 10.0. The van der Waals surface area contributed by atoms with Gasteiger partial charge < -0.3 is 10.2 Å². The van der Waals surface area contributed by atoms with Crippen molar-refractivity contribution in [2.24, 2.45) is 0 Å². The number of halogens is 1. The number of amides is 2. The summed E-state index contributed by atoms with van der Waals surface area (Å²) >= 11 is 5.89. The van der Waals surface area contributed by atoms with Crippen LogP contribution in [0.2, 0.25) is 5.02 Å². The zero-order valence-corrected chi connectivity index (χ0v) is 10.8. The molecule has 1 aromatic rings. The maximum atomic E-state index is 11.9. The van der Waals surface area contributed by atoms with Crippen LogP contribution in [-0.4, -0.2) is 43.5 Å². The van der Waals surface area contributed by atoms with Gasteiger partial charge in [0, 0.05) is 10.7 Å². The predicted octanol–water partition coefficient (Wildman–Crippen LogP) is 0.692. The molecule has 0 unspecified atom stereocenters. The van der Waals surface area contributed by atoms with Gasteiger partial charge in [0.15, 0.2) is 0 Å². The van der Waals surface area contributed by atoms with Crippen LogP contribution in [0.3, 0.4) is 0 Å². The molecule has 1 aliphatic rings. The van der Waals surface area contributed by atoms with Crippen molar-refractivity contribution in [2.75, 3.05) is 31.7 Å². The van der Waals surface area contributed by atoms with E-state index in [4.69, 9.17) is 11.6 Å². The Bertz CT molecular complexity index is 478. The molecule has 1 heterocycles. The number of benzene rings is 1. The Morgan fingerprint density at radius 2 is 2.28 bits per heavy atom. The fourth-order valence-electron chi connectivity index (χ4n) is 1.85. The molecule has 0 bridgehead atoms. The van der Waals surface area contributed by atoms with Gasteiger partial charge in [-0.3, -0.25) is 14.5 Å². The number of carbonyl (C=O) groups is 2. The largest absolute Gasteiger partial charge is 0.314 e. The highest BCUT2D eigenvalue weighted by Crippen LogP contribution is 2.22. The molecule has 0 saturated carbocycles. The van der Waals surface area contributed by atoms with E-state index in [0.29, 0.717) is 10.7 Å². The number of hydrogen-bond acceptors (Lipinski definition) is 3. The summed E-state index contributed by atoms with van der Waals surface area (Å²) < 4.78 is 0. The van der Waals surface area contributed by atoms with Gasteiger partial charge in [0.2, 0.25) is 11.8 Å². The van der Waals surface area contributed by atoms with Crippen LogP contribution >= 0.6 is 11.6 Å². The van der Waals surface area contributed by atoms with E-state index in [2.05, 4.69) is 5.32 Å². The van der Waals surface area contributed by atoms with Crippen LogP contribution in [0.1, 0.15) is 0 Å². The lowest BCUT2D eigenvalue weighted by molar-refractivity contribution is -0.130. The van der Waals surface area contributed by atoms with Crippen molar-refractivity contribution < 1.29 is 9.59 Å². The van der Waals surface area contributed by atoms with Gasteiger partial charge in [-0.25, -0.2) is 0 Å². The molecule has 1 fully saturated rings. The molecule has 0 aliphatic carbocycles. The molecule has 0 atom stereocenters. The third-order valence-corrected chi connectivity index (χ3v) is 2.97. The Kier molecular flexibility index (Phi) is 3.84. The lowest BCUT2D eigenvalue weighted by Gasteiger charge is -2.18. The van der Waals surface area contributed by atoms with Crippen molar-refractivity contribution >= 4 is 29.1 Å². The summed E-state index contributed by atoms with van der Waals surface area (Å²) in [6, 6.07) is 7.04. The van der Waals surface area contributed by atoms with Crippen LogP contribution in [0.15, 0.2) is 24.3 Å². The van der Waals surface area contributed by atoms with E-state index in [-0.39, 0.29) is 31.6 Å². The van der Waals surface area contributed by atoms with Gasteiger partial charge >= 0.3 is 0 Å². The van der Waals surface area contributed by atoms with Gasteiger partial charge in [0.1, 0.15) is 13.2 Å². The average Bonchev–Trinajstić information content (AvgIpc) is 2.72. The fraction of sp³-hybridized carbons (Fsp3) is 0.333. The van der Waals surface area contributed by atoms with Crippen molar-refractivity contribution in [3.8, 4) is 0 Å². The standard InChI is InChI=1S/C12H14ClN3O2/c1-14-6-11(17)15-7-12(18)16(8-15)10-4-2-3-9(13)5-10/h2-5,14H,6-8H2,1H3. The molecular weight excluding hydrogens is 254 g/mol. The second-order valence-electron chi connectivity index (χ2n) is 4.07. The molecule has 1 aliphatic heterocycles. The van der Waals surface area contributed by atoms with Gasteiger partial charge in [0.05, 0.1) is 6.54 Å². The number of rotatable bonds is 3. The lowest BCUT2D eigenvalue weighted by atomic mass is 10.3. The number of anilines is 1. The Morgan fingerprint density at radius 1 is 1.50 bits per heavy atom. The van der Waals surface area contributed by atoms with Crippen molar-refractivity contribution in [2.45, 2.75) is 0 Å². The molecule has 18 heavy (non-hydrogen) atoms. The van der Waals surface area contributed by atoms with Gasteiger partial charge in [-0.1, -0.05) is 17.7 Å². The number of hydrogen-bond donors (Lipinski definition) is 1. The normalized spacial score (nSPS) is 15.3. The first kappa shape index (κ1) is 12.9. The SMILES string of the molecule is CNCC(=O)N1CC(=O)N(c2cccc(Cl)c2)C1. The summed E-state index contributed by atoms with van der Waals surface area (Å²) in [4.78, 5) is 26.6. The second kappa shape index (κ2) is 5.37. The molecule has 0 aromatic heterocycles. The molecule has 1 saturated heterocycles. The molecule has 1 aromatic carbocycles. The van der Waals surface area contributed by atoms with Crippen LogP contribution in [0, 0.1) is 0 Å². The highest BCUT2D eigenvalue weighted by Gasteiger charge is 2.31. The average molecular weight is 268 g/mol. The van der Waals surface area contributed by atoms with E-state index in [9.17, 15) is 9.59 Å². The number of likely N-dealkylation sites (N-methyl/N-ethyl adjacent to an activating group) is 1. The molecule has 2 rings (SSSR count). The Morgan fingerprint density at radius 3 is 2.94 bits per heavy atom. The van der Waals surface area contributed by atoms with Crippen LogP contribution in [0.5, 0.6) is 0 Å². The molecule has 1 N–H and O–H groups in total. The number of carbonyl (C=O) groups excluding carboxylic acids is 2. The monoisotopic (exact) mass is 267 g/mol. The first-order chi connectivity index (χ1) is 8.61. The third-order valence-electron chi connectivity index (χ3n) is 2.74. The summed E-state index contributed by atoms with van der Waals surface area (Å²) in [5, 5.41) is 3.35. The molecule has 2 amide bonds. The van der Waals surface area contributed by atoms with Gasteiger partial charge in [-0.15, -0.1) is 0 Å². The van der Waals surface area contributed by atoms with Gasteiger partial charge in [-0.2, -0.15) is 0 Å². The van der Waals surface area contributed by atoms with Crippen molar-refractivity contribution in [3.05, 3.63) is 29.3 Å². The predicted molar refractivity (Wildman–Crippen MR) is 69.4 cm³/mol. The quantitative estimate of drug-likeness (QED) is 0.877. The van der Waals surface area contributed by atoms with Crippen molar-refractivity contribution in [3.63, 3.8) is 0 Å². The molecular formula is C12H14ClN3O2. The van der Waals surface area contributed by atoms with Crippen molar-refractivity contribution in [1.29, 1.82) is 0 Å². The maximum Gasteiger partial charge on any atom is 0.248 e. The molecule has 96 valence electrons.